The van der Waals surface area contributed by atoms with E-state index in [0.717, 1.165) is 26.4 Å². The standard InChI is InChI=1S/C13H11BrF3NS/c1-7-10(14)6-11(19-7)12(18)8-2-4-9(5-3-8)13(15,16)17/h2-6,12H,18H2,1H3. The van der Waals surface area contributed by atoms with Crippen LogP contribution in [-0.2, 0) is 6.18 Å². The fourth-order valence-corrected chi connectivity index (χ4v) is 3.27. The third kappa shape index (κ3) is 3.19. The lowest BCUT2D eigenvalue weighted by molar-refractivity contribution is -0.137. The first-order chi connectivity index (χ1) is 8.79. The summed E-state index contributed by atoms with van der Waals surface area (Å²) in [5, 5.41) is 0. The highest BCUT2D eigenvalue weighted by Gasteiger charge is 2.30. The minimum atomic E-state index is -4.31. The Morgan fingerprint density at radius 3 is 2.21 bits per heavy atom. The van der Waals surface area contributed by atoms with Crippen LogP contribution in [0.2, 0.25) is 0 Å². The normalized spacial score (nSPS) is 13.6. The largest absolute Gasteiger partial charge is 0.416 e. The maximum absolute atomic E-state index is 12.5. The predicted molar refractivity (Wildman–Crippen MR) is 74.2 cm³/mol. The molecular formula is C13H11BrF3NS. The van der Waals surface area contributed by atoms with Crippen molar-refractivity contribution in [2.24, 2.45) is 5.73 Å². The van der Waals surface area contributed by atoms with Gasteiger partial charge >= 0.3 is 6.18 Å². The van der Waals surface area contributed by atoms with E-state index in [9.17, 15) is 13.2 Å². The first kappa shape index (κ1) is 14.6. The van der Waals surface area contributed by atoms with Crippen molar-refractivity contribution in [2.45, 2.75) is 19.1 Å². The Morgan fingerprint density at radius 1 is 1.21 bits per heavy atom. The summed E-state index contributed by atoms with van der Waals surface area (Å²) in [6, 6.07) is 6.47. The molecule has 0 aliphatic carbocycles. The van der Waals surface area contributed by atoms with E-state index in [0.29, 0.717) is 5.56 Å². The number of halogens is 4. The van der Waals surface area contributed by atoms with E-state index < -0.39 is 17.8 Å². The molecule has 1 aromatic heterocycles. The molecule has 1 unspecified atom stereocenters. The Kier molecular flexibility index (Phi) is 4.03. The maximum Gasteiger partial charge on any atom is 0.416 e. The van der Waals surface area contributed by atoms with Gasteiger partial charge in [-0.3, -0.25) is 0 Å². The molecule has 102 valence electrons. The second kappa shape index (κ2) is 5.26. The summed E-state index contributed by atoms with van der Waals surface area (Å²) in [7, 11) is 0. The van der Waals surface area contributed by atoms with Crippen LogP contribution in [0.15, 0.2) is 34.8 Å². The minimum Gasteiger partial charge on any atom is -0.320 e. The molecule has 1 nitrogen and oxygen atoms in total. The van der Waals surface area contributed by atoms with Crippen molar-refractivity contribution in [2.75, 3.05) is 0 Å². The molecule has 0 aliphatic rings. The zero-order chi connectivity index (χ0) is 14.2. The summed E-state index contributed by atoms with van der Waals surface area (Å²) in [5.74, 6) is 0. The van der Waals surface area contributed by atoms with Gasteiger partial charge in [0.05, 0.1) is 11.6 Å². The maximum atomic E-state index is 12.5. The van der Waals surface area contributed by atoms with Gasteiger partial charge in [-0.05, 0) is 46.6 Å². The number of hydrogen-bond acceptors (Lipinski definition) is 2. The first-order valence-corrected chi connectivity index (χ1v) is 7.08. The average Bonchev–Trinajstić information content (AvgIpc) is 2.68. The summed E-state index contributed by atoms with van der Waals surface area (Å²) in [6.07, 6.45) is -4.31. The lowest BCUT2D eigenvalue weighted by Crippen LogP contribution is -2.11. The van der Waals surface area contributed by atoms with E-state index in [4.69, 9.17) is 5.73 Å². The molecular weight excluding hydrogens is 339 g/mol. The topological polar surface area (TPSA) is 26.0 Å². The van der Waals surface area contributed by atoms with Gasteiger partial charge in [0, 0.05) is 14.2 Å². The Hall–Kier alpha value is -0.850. The average molecular weight is 350 g/mol. The van der Waals surface area contributed by atoms with Crippen molar-refractivity contribution in [3.63, 3.8) is 0 Å². The fourth-order valence-electron chi connectivity index (χ4n) is 1.68. The minimum absolute atomic E-state index is 0.405. The molecule has 2 N–H and O–H groups in total. The van der Waals surface area contributed by atoms with Gasteiger partial charge in [-0.15, -0.1) is 11.3 Å². The van der Waals surface area contributed by atoms with E-state index in [1.54, 1.807) is 0 Å². The van der Waals surface area contributed by atoms with Crippen molar-refractivity contribution in [3.8, 4) is 0 Å². The summed E-state index contributed by atoms with van der Waals surface area (Å²) < 4.78 is 38.4. The van der Waals surface area contributed by atoms with Gasteiger partial charge < -0.3 is 5.73 Å². The monoisotopic (exact) mass is 349 g/mol. The van der Waals surface area contributed by atoms with Crippen LogP contribution >= 0.6 is 27.3 Å². The number of nitrogens with two attached hydrogens (primary N) is 1. The number of hydrogen-bond donors (Lipinski definition) is 1. The Labute approximate surface area is 121 Å². The molecule has 6 heteroatoms. The van der Waals surface area contributed by atoms with Crippen LogP contribution in [0.5, 0.6) is 0 Å². The van der Waals surface area contributed by atoms with Gasteiger partial charge in [0.25, 0.3) is 0 Å². The predicted octanol–water partition coefficient (Wildman–Crippen LogP) is 4.89. The van der Waals surface area contributed by atoms with Crippen LogP contribution in [0.1, 0.15) is 26.9 Å². The zero-order valence-electron chi connectivity index (χ0n) is 9.96. The van der Waals surface area contributed by atoms with Crippen LogP contribution in [-0.4, -0.2) is 0 Å². The third-order valence-corrected chi connectivity index (χ3v) is 5.00. The smallest absolute Gasteiger partial charge is 0.320 e. The molecule has 0 amide bonds. The van der Waals surface area contributed by atoms with E-state index in [1.807, 2.05) is 13.0 Å². The van der Waals surface area contributed by atoms with Gasteiger partial charge in [-0.25, -0.2) is 0 Å². The number of aryl methyl sites for hydroxylation is 1. The molecule has 19 heavy (non-hydrogen) atoms. The molecule has 2 rings (SSSR count). The highest BCUT2D eigenvalue weighted by atomic mass is 79.9. The van der Waals surface area contributed by atoms with Crippen molar-refractivity contribution < 1.29 is 13.2 Å². The van der Waals surface area contributed by atoms with Crippen LogP contribution in [0.4, 0.5) is 13.2 Å². The van der Waals surface area contributed by atoms with Gasteiger partial charge in [-0.1, -0.05) is 12.1 Å². The molecule has 0 fully saturated rings. The van der Waals surface area contributed by atoms with Crippen molar-refractivity contribution in [3.05, 3.63) is 55.7 Å². The lowest BCUT2D eigenvalue weighted by atomic mass is 10.0. The molecule has 1 atom stereocenters. The second-order valence-electron chi connectivity index (χ2n) is 4.15. The van der Waals surface area contributed by atoms with Crippen LogP contribution in [0.3, 0.4) is 0 Å². The lowest BCUT2D eigenvalue weighted by Gasteiger charge is -2.12. The highest BCUT2D eigenvalue weighted by molar-refractivity contribution is 9.10. The molecule has 0 saturated heterocycles. The van der Waals surface area contributed by atoms with E-state index in [-0.39, 0.29) is 0 Å². The molecule has 0 radical (unpaired) electrons. The number of thiophene rings is 1. The molecule has 2 aromatic rings. The Morgan fingerprint density at radius 2 is 1.79 bits per heavy atom. The summed E-state index contributed by atoms with van der Waals surface area (Å²) in [6.45, 7) is 1.96. The van der Waals surface area contributed by atoms with Crippen LogP contribution in [0, 0.1) is 6.92 Å². The summed E-state index contributed by atoms with van der Waals surface area (Å²) in [5.41, 5.74) is 6.07. The molecule has 0 saturated carbocycles. The van der Waals surface area contributed by atoms with Crippen LogP contribution < -0.4 is 5.73 Å². The van der Waals surface area contributed by atoms with Crippen LogP contribution in [0.25, 0.3) is 0 Å². The van der Waals surface area contributed by atoms with Gasteiger partial charge in [0.15, 0.2) is 0 Å². The molecule has 1 aromatic carbocycles. The fraction of sp³-hybridized carbons (Fsp3) is 0.231. The van der Waals surface area contributed by atoms with Gasteiger partial charge in [-0.2, -0.15) is 13.2 Å². The van der Waals surface area contributed by atoms with E-state index in [1.165, 1.54) is 23.5 Å². The molecule has 0 spiro atoms. The van der Waals surface area contributed by atoms with Crippen molar-refractivity contribution in [1.82, 2.24) is 0 Å². The van der Waals surface area contributed by atoms with Gasteiger partial charge in [0.1, 0.15) is 0 Å². The summed E-state index contributed by atoms with van der Waals surface area (Å²) in [4.78, 5) is 2.02. The number of benzene rings is 1. The number of rotatable bonds is 2. The van der Waals surface area contributed by atoms with Gasteiger partial charge in [0.2, 0.25) is 0 Å². The molecule has 0 aliphatic heterocycles. The molecule has 1 heterocycles. The molecule has 0 bridgehead atoms. The Bertz CT molecular complexity index is 555. The van der Waals surface area contributed by atoms with Crippen molar-refractivity contribution in [1.29, 1.82) is 0 Å². The highest BCUT2D eigenvalue weighted by Crippen LogP contribution is 2.34. The third-order valence-electron chi connectivity index (χ3n) is 2.78. The summed E-state index contributed by atoms with van der Waals surface area (Å²) >= 11 is 4.93. The Balaban J connectivity index is 2.27. The quantitative estimate of drug-likeness (QED) is 0.820. The zero-order valence-corrected chi connectivity index (χ0v) is 12.4. The van der Waals surface area contributed by atoms with Crippen molar-refractivity contribution >= 4 is 27.3 Å². The second-order valence-corrected chi connectivity index (χ2v) is 6.29. The SMILES string of the molecule is Cc1sc(C(N)c2ccc(C(F)(F)F)cc2)cc1Br. The first-order valence-electron chi connectivity index (χ1n) is 5.47. The van der Waals surface area contributed by atoms with E-state index in [2.05, 4.69) is 15.9 Å². The number of alkyl halides is 3. The van der Waals surface area contributed by atoms with E-state index >= 15 is 0 Å².